The Morgan fingerprint density at radius 1 is 1.11 bits per heavy atom. The average molecular weight is 304 g/mol. The molecule has 0 aromatic heterocycles. The standard InChI is InChI=1S/C8H16O8S2/c1-14-8(9)7(16-18(3,12)13)5-4-6-15-17(2,10)11/h7H,4-6H2,1-3H3. The Balaban J connectivity index is 4.31. The molecule has 1 unspecified atom stereocenters. The van der Waals surface area contributed by atoms with Crippen molar-refractivity contribution in [2.75, 3.05) is 26.2 Å². The van der Waals surface area contributed by atoms with Crippen molar-refractivity contribution in [3.05, 3.63) is 0 Å². The van der Waals surface area contributed by atoms with E-state index in [9.17, 15) is 21.6 Å². The molecule has 0 aromatic rings. The predicted molar refractivity (Wildman–Crippen MR) is 61.8 cm³/mol. The SMILES string of the molecule is COC(=O)C(CCCOS(C)(=O)=O)OS(C)(=O)=O. The second kappa shape index (κ2) is 7.02. The molecule has 0 aromatic carbocycles. The van der Waals surface area contributed by atoms with Crippen molar-refractivity contribution in [2.24, 2.45) is 0 Å². The Kier molecular flexibility index (Phi) is 6.74. The van der Waals surface area contributed by atoms with Gasteiger partial charge in [0, 0.05) is 0 Å². The van der Waals surface area contributed by atoms with Crippen molar-refractivity contribution < 1.29 is 34.7 Å². The Morgan fingerprint density at radius 2 is 1.67 bits per heavy atom. The van der Waals surface area contributed by atoms with Crippen LogP contribution in [0.4, 0.5) is 0 Å². The van der Waals surface area contributed by atoms with Crippen molar-refractivity contribution in [3.63, 3.8) is 0 Å². The van der Waals surface area contributed by atoms with Gasteiger partial charge in [0.2, 0.25) is 0 Å². The first-order chi connectivity index (χ1) is 8.05. The molecule has 1 atom stereocenters. The maximum atomic E-state index is 11.2. The highest BCUT2D eigenvalue weighted by Crippen LogP contribution is 2.08. The largest absolute Gasteiger partial charge is 0.467 e. The van der Waals surface area contributed by atoms with Crippen LogP contribution >= 0.6 is 0 Å². The summed E-state index contributed by atoms with van der Waals surface area (Å²) in [5.74, 6) is -0.847. The number of methoxy groups -OCH3 is 1. The van der Waals surface area contributed by atoms with Gasteiger partial charge in [0.25, 0.3) is 20.2 Å². The zero-order valence-corrected chi connectivity index (χ0v) is 11.9. The van der Waals surface area contributed by atoms with Gasteiger partial charge in [-0.1, -0.05) is 0 Å². The van der Waals surface area contributed by atoms with Crippen LogP contribution in [0.2, 0.25) is 0 Å². The van der Waals surface area contributed by atoms with E-state index in [1.807, 2.05) is 0 Å². The maximum absolute atomic E-state index is 11.2. The summed E-state index contributed by atoms with van der Waals surface area (Å²) >= 11 is 0. The third-order valence-corrected chi connectivity index (χ3v) is 2.84. The molecule has 18 heavy (non-hydrogen) atoms. The molecule has 0 bridgehead atoms. The van der Waals surface area contributed by atoms with Crippen molar-refractivity contribution in [2.45, 2.75) is 18.9 Å². The molecule has 8 nitrogen and oxygen atoms in total. The highest BCUT2D eigenvalue weighted by molar-refractivity contribution is 7.86. The number of hydrogen-bond acceptors (Lipinski definition) is 8. The highest BCUT2D eigenvalue weighted by atomic mass is 32.2. The molecule has 108 valence electrons. The lowest BCUT2D eigenvalue weighted by Gasteiger charge is -2.13. The molecule has 0 aliphatic carbocycles. The van der Waals surface area contributed by atoms with Gasteiger partial charge in [-0.3, -0.25) is 8.37 Å². The minimum absolute atomic E-state index is 0.0325. The van der Waals surface area contributed by atoms with E-state index in [0.717, 1.165) is 19.6 Å². The van der Waals surface area contributed by atoms with Crippen LogP contribution in [-0.4, -0.2) is 55.1 Å². The molecule has 0 spiro atoms. The third-order valence-electron chi connectivity index (χ3n) is 1.66. The van der Waals surface area contributed by atoms with Crippen LogP contribution in [-0.2, 0) is 38.1 Å². The Bertz CT molecular complexity index is 463. The first-order valence-corrected chi connectivity index (χ1v) is 8.49. The minimum atomic E-state index is -3.80. The molecule has 0 fully saturated rings. The molecule has 0 rings (SSSR count). The molecule has 0 saturated heterocycles. The van der Waals surface area contributed by atoms with Gasteiger partial charge >= 0.3 is 5.97 Å². The molecule has 0 aliphatic heterocycles. The van der Waals surface area contributed by atoms with Gasteiger partial charge in [0.1, 0.15) is 0 Å². The van der Waals surface area contributed by atoms with E-state index in [1.54, 1.807) is 0 Å². The molecule has 0 radical (unpaired) electrons. The fourth-order valence-electron chi connectivity index (χ4n) is 1.03. The summed E-state index contributed by atoms with van der Waals surface area (Å²) in [7, 11) is -6.27. The number of rotatable bonds is 8. The van der Waals surface area contributed by atoms with Crippen LogP contribution in [0.15, 0.2) is 0 Å². The van der Waals surface area contributed by atoms with Crippen LogP contribution in [0.25, 0.3) is 0 Å². The smallest absolute Gasteiger partial charge is 0.336 e. The molecule has 0 N–H and O–H groups in total. The molecule has 10 heteroatoms. The molecule has 0 saturated carbocycles. The van der Waals surface area contributed by atoms with Crippen molar-refractivity contribution in [1.82, 2.24) is 0 Å². The summed E-state index contributed by atoms with van der Waals surface area (Å²) in [4.78, 5) is 11.2. The molecule has 0 aliphatic rings. The zero-order chi connectivity index (χ0) is 14.4. The van der Waals surface area contributed by atoms with E-state index in [0.29, 0.717) is 0 Å². The maximum Gasteiger partial charge on any atom is 0.336 e. The number of esters is 1. The summed E-state index contributed by atoms with van der Waals surface area (Å²) in [5.41, 5.74) is 0. The highest BCUT2D eigenvalue weighted by Gasteiger charge is 2.24. The number of ether oxygens (including phenoxy) is 1. The number of carbonyl (C=O) groups is 1. The summed E-state index contributed by atoms with van der Waals surface area (Å²) in [5, 5.41) is 0. The van der Waals surface area contributed by atoms with Crippen LogP contribution in [0, 0.1) is 0 Å². The lowest BCUT2D eigenvalue weighted by atomic mass is 10.2. The predicted octanol–water partition coefficient (Wildman–Crippen LogP) is -0.739. The average Bonchev–Trinajstić information content (AvgIpc) is 2.18. The Hall–Kier alpha value is -0.710. The van der Waals surface area contributed by atoms with Gasteiger partial charge in [-0.25, -0.2) is 4.79 Å². The van der Waals surface area contributed by atoms with Crippen molar-refractivity contribution in [3.8, 4) is 0 Å². The summed E-state index contributed by atoms with van der Waals surface area (Å²) in [6.45, 7) is -0.167. The zero-order valence-electron chi connectivity index (χ0n) is 10.3. The van der Waals surface area contributed by atoms with Gasteiger partial charge in [0.05, 0.1) is 26.2 Å². The Morgan fingerprint density at radius 3 is 2.06 bits per heavy atom. The fourth-order valence-corrected chi connectivity index (χ4v) is 2.04. The molecule has 0 amide bonds. The Labute approximate surface area is 106 Å². The normalized spacial score (nSPS) is 14.2. The monoisotopic (exact) mass is 304 g/mol. The second-order valence-corrected chi connectivity index (χ2v) is 6.73. The number of carbonyl (C=O) groups excluding carboxylic acids is 1. The number of hydrogen-bond donors (Lipinski definition) is 0. The summed E-state index contributed by atoms with van der Waals surface area (Å²) in [6.07, 6.45) is 0.485. The summed E-state index contributed by atoms with van der Waals surface area (Å²) < 4.78 is 56.4. The van der Waals surface area contributed by atoms with Crippen LogP contribution in [0.1, 0.15) is 12.8 Å². The lowest BCUT2D eigenvalue weighted by Crippen LogP contribution is -2.28. The van der Waals surface area contributed by atoms with Crippen LogP contribution in [0.3, 0.4) is 0 Å². The second-order valence-electron chi connectivity index (χ2n) is 3.48. The van der Waals surface area contributed by atoms with Gasteiger partial charge in [-0.2, -0.15) is 16.8 Å². The van der Waals surface area contributed by atoms with Crippen LogP contribution < -0.4 is 0 Å². The third kappa shape index (κ3) is 9.33. The van der Waals surface area contributed by atoms with E-state index in [4.69, 9.17) is 0 Å². The van der Waals surface area contributed by atoms with Crippen LogP contribution in [0.5, 0.6) is 0 Å². The first-order valence-electron chi connectivity index (χ1n) is 4.85. The van der Waals surface area contributed by atoms with E-state index in [2.05, 4.69) is 13.1 Å². The fraction of sp³-hybridized carbons (Fsp3) is 0.875. The molecular weight excluding hydrogens is 288 g/mol. The van der Waals surface area contributed by atoms with E-state index in [-0.39, 0.29) is 19.4 Å². The molecular formula is C8H16O8S2. The van der Waals surface area contributed by atoms with Gasteiger partial charge in [-0.15, -0.1) is 0 Å². The van der Waals surface area contributed by atoms with Gasteiger partial charge < -0.3 is 4.74 Å². The molecule has 0 heterocycles. The lowest BCUT2D eigenvalue weighted by molar-refractivity contribution is -0.149. The quantitative estimate of drug-likeness (QED) is 0.327. The van der Waals surface area contributed by atoms with Crippen molar-refractivity contribution >= 4 is 26.2 Å². The van der Waals surface area contributed by atoms with E-state index in [1.165, 1.54) is 0 Å². The summed E-state index contributed by atoms with van der Waals surface area (Å²) in [6, 6.07) is 0. The topological polar surface area (TPSA) is 113 Å². The first kappa shape index (κ1) is 17.3. The van der Waals surface area contributed by atoms with E-state index >= 15 is 0 Å². The van der Waals surface area contributed by atoms with Gasteiger partial charge in [-0.05, 0) is 12.8 Å². The van der Waals surface area contributed by atoms with Gasteiger partial charge in [0.15, 0.2) is 6.10 Å². The van der Waals surface area contributed by atoms with E-state index < -0.39 is 32.3 Å². The minimum Gasteiger partial charge on any atom is -0.467 e. The van der Waals surface area contributed by atoms with Crippen molar-refractivity contribution in [1.29, 1.82) is 0 Å².